The van der Waals surface area contributed by atoms with Gasteiger partial charge in [-0.15, -0.1) is 0 Å². The third-order valence-corrected chi connectivity index (χ3v) is 3.02. The van der Waals surface area contributed by atoms with Crippen molar-refractivity contribution in [1.82, 2.24) is 5.32 Å². The van der Waals surface area contributed by atoms with Gasteiger partial charge in [-0.3, -0.25) is 4.79 Å². The zero-order valence-corrected chi connectivity index (χ0v) is 12.2. The van der Waals surface area contributed by atoms with Gasteiger partial charge in [-0.1, -0.05) is 24.3 Å². The first-order chi connectivity index (χ1) is 10.5. The van der Waals surface area contributed by atoms with E-state index in [-0.39, 0.29) is 24.6 Å². The van der Waals surface area contributed by atoms with E-state index in [1.165, 1.54) is 12.1 Å². The lowest BCUT2D eigenvalue weighted by molar-refractivity contribution is -0.123. The SMILES string of the molecule is Cc1cccc(OCC(=O)NCc2cccc(C(=O)O)c2)c1. The first-order valence-corrected chi connectivity index (χ1v) is 6.83. The van der Waals surface area contributed by atoms with E-state index in [0.29, 0.717) is 5.75 Å². The fourth-order valence-electron chi connectivity index (χ4n) is 1.92. The Morgan fingerprint density at radius 3 is 2.64 bits per heavy atom. The summed E-state index contributed by atoms with van der Waals surface area (Å²) < 4.78 is 5.39. The highest BCUT2D eigenvalue weighted by atomic mass is 16.5. The van der Waals surface area contributed by atoms with E-state index in [9.17, 15) is 9.59 Å². The van der Waals surface area contributed by atoms with Gasteiger partial charge in [0, 0.05) is 6.54 Å². The number of carbonyl (C=O) groups is 2. The summed E-state index contributed by atoms with van der Waals surface area (Å²) in [6.45, 7) is 2.13. The number of rotatable bonds is 6. The fourth-order valence-corrected chi connectivity index (χ4v) is 1.92. The molecule has 0 aliphatic heterocycles. The molecule has 0 aliphatic carbocycles. The predicted molar refractivity (Wildman–Crippen MR) is 81.9 cm³/mol. The molecule has 0 heterocycles. The van der Waals surface area contributed by atoms with Crippen LogP contribution in [0.2, 0.25) is 0 Å². The maximum atomic E-state index is 11.7. The van der Waals surface area contributed by atoms with E-state index in [4.69, 9.17) is 9.84 Å². The Morgan fingerprint density at radius 2 is 1.91 bits per heavy atom. The van der Waals surface area contributed by atoms with Crippen LogP contribution >= 0.6 is 0 Å². The van der Waals surface area contributed by atoms with Crippen LogP contribution in [0, 0.1) is 6.92 Å². The van der Waals surface area contributed by atoms with Crippen LogP contribution in [0.1, 0.15) is 21.5 Å². The van der Waals surface area contributed by atoms with Crippen molar-refractivity contribution in [3.8, 4) is 5.75 Å². The summed E-state index contributed by atoms with van der Waals surface area (Å²) in [4.78, 5) is 22.6. The molecule has 0 unspecified atom stereocenters. The molecular weight excluding hydrogens is 282 g/mol. The van der Waals surface area contributed by atoms with E-state index in [1.807, 2.05) is 25.1 Å². The Kier molecular flexibility index (Phi) is 5.14. The second kappa shape index (κ2) is 7.26. The molecule has 0 atom stereocenters. The van der Waals surface area contributed by atoms with Crippen LogP contribution in [0.5, 0.6) is 5.75 Å². The van der Waals surface area contributed by atoms with Crippen LogP contribution in [0.3, 0.4) is 0 Å². The quantitative estimate of drug-likeness (QED) is 0.858. The van der Waals surface area contributed by atoms with Gasteiger partial charge in [0.15, 0.2) is 6.61 Å². The Hall–Kier alpha value is -2.82. The van der Waals surface area contributed by atoms with Gasteiger partial charge >= 0.3 is 5.97 Å². The third-order valence-electron chi connectivity index (χ3n) is 3.02. The molecule has 0 aliphatic rings. The number of benzene rings is 2. The Labute approximate surface area is 128 Å². The van der Waals surface area contributed by atoms with Crippen LogP contribution in [0.15, 0.2) is 48.5 Å². The van der Waals surface area contributed by atoms with Gasteiger partial charge in [0.05, 0.1) is 5.56 Å². The molecule has 1 amide bonds. The highest BCUT2D eigenvalue weighted by Crippen LogP contribution is 2.12. The summed E-state index contributed by atoms with van der Waals surface area (Å²) >= 11 is 0. The van der Waals surface area contributed by atoms with Crippen LogP contribution < -0.4 is 10.1 Å². The van der Waals surface area contributed by atoms with Crippen LogP contribution in [0.4, 0.5) is 0 Å². The van der Waals surface area contributed by atoms with Crippen molar-refractivity contribution in [2.45, 2.75) is 13.5 Å². The molecule has 5 nitrogen and oxygen atoms in total. The van der Waals surface area contributed by atoms with Crippen LogP contribution in [-0.2, 0) is 11.3 Å². The van der Waals surface area contributed by atoms with Crippen molar-refractivity contribution in [2.75, 3.05) is 6.61 Å². The number of hydrogen-bond acceptors (Lipinski definition) is 3. The van der Waals surface area contributed by atoms with Crippen molar-refractivity contribution >= 4 is 11.9 Å². The lowest BCUT2D eigenvalue weighted by atomic mass is 10.1. The largest absolute Gasteiger partial charge is 0.484 e. The number of carboxylic acids is 1. The van der Waals surface area contributed by atoms with Crippen molar-refractivity contribution in [2.24, 2.45) is 0 Å². The highest BCUT2D eigenvalue weighted by molar-refractivity contribution is 5.87. The molecule has 114 valence electrons. The molecule has 2 aromatic carbocycles. The zero-order chi connectivity index (χ0) is 15.9. The summed E-state index contributed by atoms with van der Waals surface area (Å²) in [5, 5.41) is 11.6. The molecule has 22 heavy (non-hydrogen) atoms. The molecular formula is C17H17NO4. The third kappa shape index (κ3) is 4.63. The standard InChI is InChI=1S/C17H17NO4/c1-12-4-2-7-15(8-12)22-11-16(19)18-10-13-5-3-6-14(9-13)17(20)21/h2-9H,10-11H2,1H3,(H,18,19)(H,20,21). The molecule has 0 saturated carbocycles. The van der Waals surface area contributed by atoms with E-state index in [1.54, 1.807) is 18.2 Å². The minimum atomic E-state index is -0.990. The van der Waals surface area contributed by atoms with Gasteiger partial charge in [-0.05, 0) is 42.3 Å². The van der Waals surface area contributed by atoms with E-state index < -0.39 is 5.97 Å². The molecule has 0 spiro atoms. The van der Waals surface area contributed by atoms with Gasteiger partial charge in [-0.2, -0.15) is 0 Å². The van der Waals surface area contributed by atoms with E-state index in [0.717, 1.165) is 11.1 Å². The second-order valence-electron chi connectivity index (χ2n) is 4.89. The predicted octanol–water partition coefficient (Wildman–Crippen LogP) is 2.39. The monoisotopic (exact) mass is 299 g/mol. The number of hydrogen-bond donors (Lipinski definition) is 2. The molecule has 2 N–H and O–H groups in total. The first-order valence-electron chi connectivity index (χ1n) is 6.83. The van der Waals surface area contributed by atoms with Crippen molar-refractivity contribution < 1.29 is 19.4 Å². The molecule has 0 saturated heterocycles. The average molecular weight is 299 g/mol. The van der Waals surface area contributed by atoms with Gasteiger partial charge in [0.25, 0.3) is 5.91 Å². The number of ether oxygens (including phenoxy) is 1. The maximum absolute atomic E-state index is 11.7. The number of aryl methyl sites for hydroxylation is 1. The lowest BCUT2D eigenvalue weighted by Crippen LogP contribution is -2.28. The minimum absolute atomic E-state index is 0.0813. The minimum Gasteiger partial charge on any atom is -0.484 e. The molecule has 0 radical (unpaired) electrons. The number of nitrogens with one attached hydrogen (secondary N) is 1. The fraction of sp³-hybridized carbons (Fsp3) is 0.176. The molecule has 2 rings (SSSR count). The number of aromatic carboxylic acids is 1. The second-order valence-corrected chi connectivity index (χ2v) is 4.89. The van der Waals surface area contributed by atoms with E-state index in [2.05, 4.69) is 5.32 Å². The Balaban J connectivity index is 1.83. The number of carboxylic acid groups (broad SMARTS) is 1. The zero-order valence-electron chi connectivity index (χ0n) is 12.2. The topological polar surface area (TPSA) is 75.6 Å². The number of carbonyl (C=O) groups excluding carboxylic acids is 1. The van der Waals surface area contributed by atoms with Crippen molar-refractivity contribution in [3.05, 3.63) is 65.2 Å². The average Bonchev–Trinajstić information content (AvgIpc) is 2.51. The molecule has 5 heteroatoms. The van der Waals surface area contributed by atoms with Gasteiger partial charge in [0.1, 0.15) is 5.75 Å². The molecule has 0 fully saturated rings. The molecule has 0 bridgehead atoms. The number of amides is 1. The molecule has 0 aromatic heterocycles. The molecule has 2 aromatic rings. The smallest absolute Gasteiger partial charge is 0.335 e. The summed E-state index contributed by atoms with van der Waals surface area (Å²) in [7, 11) is 0. The van der Waals surface area contributed by atoms with Crippen LogP contribution in [-0.4, -0.2) is 23.6 Å². The summed E-state index contributed by atoms with van der Waals surface area (Å²) in [5.74, 6) is -0.610. The van der Waals surface area contributed by atoms with Crippen molar-refractivity contribution in [3.63, 3.8) is 0 Å². The highest BCUT2D eigenvalue weighted by Gasteiger charge is 2.06. The summed E-state index contributed by atoms with van der Waals surface area (Å²) in [6, 6.07) is 13.9. The van der Waals surface area contributed by atoms with Gasteiger partial charge in [-0.25, -0.2) is 4.79 Å². The first kappa shape index (κ1) is 15.6. The lowest BCUT2D eigenvalue weighted by Gasteiger charge is -2.08. The maximum Gasteiger partial charge on any atom is 0.335 e. The Morgan fingerprint density at radius 1 is 1.14 bits per heavy atom. The Bertz CT molecular complexity index is 682. The van der Waals surface area contributed by atoms with Crippen molar-refractivity contribution in [1.29, 1.82) is 0 Å². The van der Waals surface area contributed by atoms with Crippen LogP contribution in [0.25, 0.3) is 0 Å². The van der Waals surface area contributed by atoms with Gasteiger partial charge in [0.2, 0.25) is 0 Å². The summed E-state index contributed by atoms with van der Waals surface area (Å²) in [5.41, 5.74) is 1.98. The normalized spacial score (nSPS) is 10.0. The summed E-state index contributed by atoms with van der Waals surface area (Å²) in [6.07, 6.45) is 0. The van der Waals surface area contributed by atoms with Gasteiger partial charge < -0.3 is 15.2 Å². The van der Waals surface area contributed by atoms with E-state index >= 15 is 0 Å².